The Balaban J connectivity index is 2.21. The summed E-state index contributed by atoms with van der Waals surface area (Å²) in [5.41, 5.74) is -0.0196. The number of hydrogen-bond acceptors (Lipinski definition) is 3. The van der Waals surface area contributed by atoms with Crippen LogP contribution >= 0.6 is 23.2 Å². The highest BCUT2D eigenvalue weighted by Gasteiger charge is 2.39. The van der Waals surface area contributed by atoms with Crippen LogP contribution in [0.4, 0.5) is 4.79 Å². The third-order valence-corrected chi connectivity index (χ3v) is 4.40. The number of alkyl carbamates (subject to hydrolysis) is 1. The van der Waals surface area contributed by atoms with Crippen LogP contribution in [-0.2, 0) is 16.1 Å². The lowest BCUT2D eigenvalue weighted by Gasteiger charge is -2.31. The first kappa shape index (κ1) is 20.1. The summed E-state index contributed by atoms with van der Waals surface area (Å²) < 4.78 is 5.21. The van der Waals surface area contributed by atoms with Crippen molar-refractivity contribution in [3.8, 4) is 0 Å². The maximum atomic E-state index is 12.2. The Labute approximate surface area is 161 Å². The van der Waals surface area contributed by atoms with E-state index in [4.69, 9.17) is 27.9 Å². The molecule has 1 atom stereocenters. The van der Waals surface area contributed by atoms with Gasteiger partial charge in [-0.3, -0.25) is 4.79 Å². The van der Waals surface area contributed by atoms with E-state index in [1.54, 1.807) is 12.1 Å². The highest BCUT2D eigenvalue weighted by Crippen LogP contribution is 2.36. The minimum atomic E-state index is -1.32. The molecule has 2 N–H and O–H groups in total. The number of hydrogen-bond donors (Lipinski definition) is 2. The van der Waals surface area contributed by atoms with E-state index >= 15 is 0 Å². The molecule has 138 valence electrons. The van der Waals surface area contributed by atoms with E-state index in [-0.39, 0.29) is 6.61 Å². The zero-order chi connectivity index (χ0) is 19.3. The molecule has 0 heterocycles. The van der Waals surface area contributed by atoms with Crippen LogP contribution < -0.4 is 5.32 Å². The second-order valence-electron chi connectivity index (χ2n) is 6.37. The van der Waals surface area contributed by atoms with Gasteiger partial charge in [-0.1, -0.05) is 53.5 Å². The predicted molar refractivity (Wildman–Crippen MR) is 100 cm³/mol. The molecule has 2 aromatic carbocycles. The Kier molecular flexibility index (Phi) is 6.51. The van der Waals surface area contributed by atoms with Crippen LogP contribution in [0.1, 0.15) is 31.0 Å². The van der Waals surface area contributed by atoms with E-state index in [9.17, 15) is 14.7 Å². The summed E-state index contributed by atoms with van der Waals surface area (Å²) in [6.07, 6.45) is -0.732. The summed E-state index contributed by atoms with van der Waals surface area (Å²) in [4.78, 5) is 24.0. The van der Waals surface area contributed by atoms with Crippen LogP contribution in [0, 0.1) is 5.41 Å². The molecule has 0 spiro atoms. The third-order valence-electron chi connectivity index (χ3n) is 3.97. The first-order chi connectivity index (χ1) is 12.2. The van der Waals surface area contributed by atoms with E-state index < -0.39 is 23.5 Å². The maximum Gasteiger partial charge on any atom is 0.407 e. The molecule has 5 nitrogen and oxygen atoms in total. The molecule has 0 aliphatic rings. The molecule has 0 fully saturated rings. The summed E-state index contributed by atoms with van der Waals surface area (Å²) in [5, 5.41) is 12.9. The van der Waals surface area contributed by atoms with Crippen molar-refractivity contribution in [2.24, 2.45) is 5.41 Å². The topological polar surface area (TPSA) is 75.6 Å². The third kappa shape index (κ3) is 5.13. The molecule has 1 unspecified atom stereocenters. The van der Waals surface area contributed by atoms with Gasteiger partial charge >= 0.3 is 12.1 Å². The fourth-order valence-corrected chi connectivity index (χ4v) is 2.97. The van der Waals surface area contributed by atoms with E-state index in [1.807, 2.05) is 30.3 Å². The standard InChI is InChI=1S/C19H19Cl2NO4/c1-19(2,17(23)24)16(13-8-14(20)10-15(21)9-13)22-18(25)26-11-12-6-4-3-5-7-12/h3-10,16H,11H2,1-2H3,(H,22,25)(H,23,24). The normalized spacial score (nSPS) is 12.3. The van der Waals surface area contributed by atoms with Gasteiger partial charge in [0.25, 0.3) is 0 Å². The second kappa shape index (κ2) is 8.43. The molecule has 1 amide bonds. The molecule has 0 bridgehead atoms. The van der Waals surface area contributed by atoms with Crippen molar-refractivity contribution in [1.29, 1.82) is 0 Å². The summed E-state index contributed by atoms with van der Waals surface area (Å²) in [7, 11) is 0. The van der Waals surface area contributed by atoms with Crippen molar-refractivity contribution in [2.45, 2.75) is 26.5 Å². The smallest absolute Gasteiger partial charge is 0.407 e. The lowest BCUT2D eigenvalue weighted by molar-refractivity contribution is -0.148. The minimum absolute atomic E-state index is 0.0726. The van der Waals surface area contributed by atoms with Gasteiger partial charge in [0, 0.05) is 10.0 Å². The number of nitrogens with one attached hydrogen (secondary N) is 1. The Bertz CT molecular complexity index is 773. The summed E-state index contributed by atoms with van der Waals surface area (Å²) >= 11 is 12.1. The Hall–Kier alpha value is -2.24. The van der Waals surface area contributed by atoms with E-state index in [2.05, 4.69) is 5.32 Å². The van der Waals surface area contributed by atoms with Gasteiger partial charge in [-0.25, -0.2) is 4.79 Å². The first-order valence-corrected chi connectivity index (χ1v) is 8.62. The SMILES string of the molecule is CC(C)(C(=O)O)C(NC(=O)OCc1ccccc1)c1cc(Cl)cc(Cl)c1. The minimum Gasteiger partial charge on any atom is -0.481 e. The van der Waals surface area contributed by atoms with E-state index in [0.717, 1.165) is 5.56 Å². The van der Waals surface area contributed by atoms with Crippen LogP contribution in [0.2, 0.25) is 10.0 Å². The number of amides is 1. The maximum absolute atomic E-state index is 12.2. The molecule has 2 aromatic rings. The van der Waals surface area contributed by atoms with Crippen LogP contribution in [0.5, 0.6) is 0 Å². The molecular weight excluding hydrogens is 377 g/mol. The molecule has 2 rings (SSSR count). The number of rotatable bonds is 6. The number of carboxylic acids is 1. The first-order valence-electron chi connectivity index (χ1n) is 7.86. The fraction of sp³-hybridized carbons (Fsp3) is 0.263. The van der Waals surface area contributed by atoms with Crippen molar-refractivity contribution >= 4 is 35.3 Å². The molecule has 26 heavy (non-hydrogen) atoms. The van der Waals surface area contributed by atoms with Crippen molar-refractivity contribution in [3.63, 3.8) is 0 Å². The Morgan fingerprint density at radius 2 is 1.69 bits per heavy atom. The van der Waals surface area contributed by atoms with Crippen molar-refractivity contribution < 1.29 is 19.4 Å². The van der Waals surface area contributed by atoms with Gasteiger partial charge in [0.1, 0.15) is 6.61 Å². The van der Waals surface area contributed by atoms with Gasteiger partial charge in [-0.05, 0) is 43.2 Å². The highest BCUT2D eigenvalue weighted by molar-refractivity contribution is 6.34. The Morgan fingerprint density at radius 1 is 1.12 bits per heavy atom. The molecular formula is C19H19Cl2NO4. The van der Waals surface area contributed by atoms with Gasteiger partial charge in [0.05, 0.1) is 11.5 Å². The number of aliphatic carboxylic acids is 1. The molecule has 0 aromatic heterocycles. The van der Waals surface area contributed by atoms with Crippen LogP contribution in [-0.4, -0.2) is 17.2 Å². The number of benzene rings is 2. The quantitative estimate of drug-likeness (QED) is 0.715. The number of carbonyl (C=O) groups is 2. The zero-order valence-electron chi connectivity index (χ0n) is 14.3. The highest BCUT2D eigenvalue weighted by atomic mass is 35.5. The van der Waals surface area contributed by atoms with E-state index in [0.29, 0.717) is 15.6 Å². The van der Waals surface area contributed by atoms with Crippen molar-refractivity contribution in [3.05, 3.63) is 69.7 Å². The molecule has 0 radical (unpaired) electrons. The van der Waals surface area contributed by atoms with Gasteiger partial charge in [-0.15, -0.1) is 0 Å². The predicted octanol–water partition coefficient (Wildman–Crippen LogP) is 5.07. The average Bonchev–Trinajstić information content (AvgIpc) is 2.57. The van der Waals surface area contributed by atoms with Gasteiger partial charge in [0.2, 0.25) is 0 Å². The summed E-state index contributed by atoms with van der Waals surface area (Å²) in [6.45, 7) is 3.09. The molecule has 0 saturated carbocycles. The van der Waals surface area contributed by atoms with Crippen LogP contribution in [0.15, 0.2) is 48.5 Å². The van der Waals surface area contributed by atoms with E-state index in [1.165, 1.54) is 19.9 Å². The van der Waals surface area contributed by atoms with Gasteiger partial charge < -0.3 is 15.2 Å². The molecule has 0 saturated heterocycles. The van der Waals surface area contributed by atoms with Crippen LogP contribution in [0.3, 0.4) is 0 Å². The molecule has 0 aliphatic carbocycles. The lowest BCUT2D eigenvalue weighted by Crippen LogP contribution is -2.42. The second-order valence-corrected chi connectivity index (χ2v) is 7.24. The van der Waals surface area contributed by atoms with Crippen LogP contribution in [0.25, 0.3) is 0 Å². The largest absolute Gasteiger partial charge is 0.481 e. The zero-order valence-corrected chi connectivity index (χ0v) is 15.8. The summed E-state index contributed by atoms with van der Waals surface area (Å²) in [5.74, 6) is -1.08. The lowest BCUT2D eigenvalue weighted by atomic mass is 9.80. The monoisotopic (exact) mass is 395 g/mol. The number of ether oxygens (including phenoxy) is 1. The molecule has 7 heteroatoms. The number of halogens is 2. The van der Waals surface area contributed by atoms with Crippen molar-refractivity contribution in [2.75, 3.05) is 0 Å². The summed E-state index contributed by atoms with van der Waals surface area (Å²) in [6, 6.07) is 13.0. The van der Waals surface area contributed by atoms with Crippen molar-refractivity contribution in [1.82, 2.24) is 5.32 Å². The number of carbonyl (C=O) groups excluding carboxylic acids is 1. The van der Waals surface area contributed by atoms with Gasteiger partial charge in [-0.2, -0.15) is 0 Å². The number of carboxylic acid groups (broad SMARTS) is 1. The fourth-order valence-electron chi connectivity index (χ4n) is 2.43. The Morgan fingerprint density at radius 3 is 2.23 bits per heavy atom. The van der Waals surface area contributed by atoms with Gasteiger partial charge in [0.15, 0.2) is 0 Å². The average molecular weight is 396 g/mol. The molecule has 0 aliphatic heterocycles.